The van der Waals surface area contributed by atoms with Crippen LogP contribution in [0.2, 0.25) is 0 Å². The van der Waals surface area contributed by atoms with Crippen LogP contribution in [0.15, 0.2) is 0 Å². The standard InChI is InChI=1S/C3H4.2CH2O3.ClH/c1-3-2;2*2-1(3)4;/h1H,2H3;2*(H2,2,3,4);1H. The number of carboxylic acid groups (broad SMARTS) is 4. The molecule has 4 N–H and O–H groups in total. The van der Waals surface area contributed by atoms with Crippen LogP contribution in [0.5, 0.6) is 0 Å². The molecular formula is C5H9ClO6. The van der Waals surface area contributed by atoms with Crippen molar-refractivity contribution in [2.75, 3.05) is 0 Å². The van der Waals surface area contributed by atoms with E-state index in [0.717, 1.165) is 0 Å². The summed E-state index contributed by atoms with van der Waals surface area (Å²) in [6.07, 6.45) is 0.931. The van der Waals surface area contributed by atoms with E-state index in [2.05, 4.69) is 12.3 Å². The van der Waals surface area contributed by atoms with Crippen molar-refractivity contribution in [1.29, 1.82) is 0 Å². The van der Waals surface area contributed by atoms with E-state index < -0.39 is 12.3 Å². The Kier molecular flexibility index (Phi) is 42.5. The predicted molar refractivity (Wildman–Crippen MR) is 43.1 cm³/mol. The molecule has 0 saturated carbocycles. The molecule has 72 valence electrons. The molecule has 0 unspecified atom stereocenters. The molecule has 0 radical (unpaired) electrons. The molecule has 6 nitrogen and oxygen atoms in total. The molecule has 0 rings (SSSR count). The SMILES string of the molecule is C#CC.Cl.O=C(O)O.O=C(O)O. The van der Waals surface area contributed by atoms with E-state index in [0.29, 0.717) is 0 Å². The average molecular weight is 201 g/mol. The van der Waals surface area contributed by atoms with E-state index in [1.807, 2.05) is 0 Å². The maximum absolute atomic E-state index is 8.56. The molecule has 12 heavy (non-hydrogen) atoms. The molecule has 0 aromatic rings. The molecule has 0 aliphatic rings. The highest BCUT2D eigenvalue weighted by Gasteiger charge is 1.70. The van der Waals surface area contributed by atoms with Gasteiger partial charge in [0.1, 0.15) is 0 Å². The van der Waals surface area contributed by atoms with Crippen molar-refractivity contribution in [2.24, 2.45) is 0 Å². The van der Waals surface area contributed by atoms with E-state index in [-0.39, 0.29) is 12.4 Å². The number of rotatable bonds is 0. The van der Waals surface area contributed by atoms with E-state index in [1.165, 1.54) is 0 Å². The van der Waals surface area contributed by atoms with Crippen LogP contribution in [-0.4, -0.2) is 32.7 Å². The second-order valence-corrected chi connectivity index (χ2v) is 0.854. The molecule has 0 atom stereocenters. The average Bonchev–Trinajstić information content (AvgIpc) is 1.60. The van der Waals surface area contributed by atoms with Crippen LogP contribution < -0.4 is 0 Å². The number of hydrogen-bond donors (Lipinski definition) is 4. The summed E-state index contributed by atoms with van der Waals surface area (Å²) in [5, 5.41) is 27.9. The lowest BCUT2D eigenvalue weighted by molar-refractivity contribution is 0.135. The largest absolute Gasteiger partial charge is 0.503 e. The molecule has 0 aromatic carbocycles. The summed E-state index contributed by atoms with van der Waals surface area (Å²) in [7, 11) is 0. The van der Waals surface area contributed by atoms with Gasteiger partial charge in [0.2, 0.25) is 0 Å². The van der Waals surface area contributed by atoms with Gasteiger partial charge in [0.05, 0.1) is 0 Å². The van der Waals surface area contributed by atoms with Crippen molar-refractivity contribution in [3.05, 3.63) is 0 Å². The summed E-state index contributed by atoms with van der Waals surface area (Å²) in [6.45, 7) is 1.65. The van der Waals surface area contributed by atoms with E-state index in [9.17, 15) is 0 Å². The molecule has 0 spiro atoms. The van der Waals surface area contributed by atoms with Crippen LogP contribution >= 0.6 is 12.4 Å². The molecule has 0 amide bonds. The Morgan fingerprint density at radius 3 is 1.08 bits per heavy atom. The molecular weight excluding hydrogens is 192 g/mol. The van der Waals surface area contributed by atoms with Gasteiger partial charge in [-0.2, -0.15) is 0 Å². The van der Waals surface area contributed by atoms with E-state index in [1.54, 1.807) is 6.92 Å². The zero-order chi connectivity index (χ0) is 9.86. The minimum atomic E-state index is -1.83. The van der Waals surface area contributed by atoms with Crippen molar-refractivity contribution < 1.29 is 30.0 Å². The van der Waals surface area contributed by atoms with Crippen LogP contribution in [0.25, 0.3) is 0 Å². The second-order valence-electron chi connectivity index (χ2n) is 0.854. The summed E-state index contributed by atoms with van der Waals surface area (Å²) in [6, 6.07) is 0. The molecule has 0 aliphatic heterocycles. The zero-order valence-corrected chi connectivity index (χ0v) is 6.91. The van der Waals surface area contributed by atoms with Crippen LogP contribution in [0.1, 0.15) is 6.92 Å². The van der Waals surface area contributed by atoms with Crippen molar-refractivity contribution in [3.63, 3.8) is 0 Å². The molecule has 0 fully saturated rings. The van der Waals surface area contributed by atoms with Gasteiger partial charge in [-0.25, -0.2) is 9.59 Å². The van der Waals surface area contributed by atoms with Gasteiger partial charge in [-0.1, -0.05) is 0 Å². The van der Waals surface area contributed by atoms with Gasteiger partial charge >= 0.3 is 12.3 Å². The van der Waals surface area contributed by atoms with E-state index in [4.69, 9.17) is 30.0 Å². The topological polar surface area (TPSA) is 115 Å². The van der Waals surface area contributed by atoms with Gasteiger partial charge in [0.25, 0.3) is 0 Å². The zero-order valence-electron chi connectivity index (χ0n) is 6.09. The highest BCUT2D eigenvalue weighted by atomic mass is 35.5. The molecule has 0 aliphatic carbocycles. The van der Waals surface area contributed by atoms with Gasteiger partial charge in [0, 0.05) is 0 Å². The fourth-order valence-corrected chi connectivity index (χ4v) is 0. The minimum absolute atomic E-state index is 0. The van der Waals surface area contributed by atoms with E-state index >= 15 is 0 Å². The summed E-state index contributed by atoms with van der Waals surface area (Å²) in [5.41, 5.74) is 0. The van der Waals surface area contributed by atoms with Crippen LogP contribution in [0, 0.1) is 12.3 Å². The normalized spacial score (nSPS) is 4.67. The first-order valence-electron chi connectivity index (χ1n) is 2.09. The Morgan fingerprint density at radius 1 is 1.08 bits per heavy atom. The third kappa shape index (κ3) is 177. The Balaban J connectivity index is -0.0000000389. The number of carbonyl (C=O) groups is 2. The summed E-state index contributed by atoms with van der Waals surface area (Å²) >= 11 is 0. The molecule has 0 aromatic heterocycles. The Labute approximate surface area is 74.9 Å². The number of halogens is 1. The lowest BCUT2D eigenvalue weighted by Crippen LogP contribution is -1.81. The quantitative estimate of drug-likeness (QED) is 0.441. The molecule has 0 heterocycles. The maximum Gasteiger partial charge on any atom is 0.503 e. The molecule has 0 bridgehead atoms. The Morgan fingerprint density at radius 2 is 1.08 bits per heavy atom. The first kappa shape index (κ1) is 22.4. The van der Waals surface area contributed by atoms with Crippen molar-refractivity contribution >= 4 is 24.7 Å². The lowest BCUT2D eigenvalue weighted by Gasteiger charge is -1.60. The summed E-state index contributed by atoms with van der Waals surface area (Å²) < 4.78 is 0. The molecule has 0 saturated heterocycles. The fourth-order valence-electron chi connectivity index (χ4n) is 0. The highest BCUT2D eigenvalue weighted by Crippen LogP contribution is 1.43. The Hall–Kier alpha value is -1.61. The van der Waals surface area contributed by atoms with Gasteiger partial charge in [-0.15, -0.1) is 24.8 Å². The predicted octanol–water partition coefficient (Wildman–Crippen LogP) is 1.51. The van der Waals surface area contributed by atoms with Gasteiger partial charge in [0.15, 0.2) is 0 Å². The monoisotopic (exact) mass is 200 g/mol. The third-order valence-electron chi connectivity index (χ3n) is 0. The summed E-state index contributed by atoms with van der Waals surface area (Å²) in [5.74, 6) is 2.25. The maximum atomic E-state index is 8.56. The van der Waals surface area contributed by atoms with Gasteiger partial charge in [-0.05, 0) is 6.92 Å². The van der Waals surface area contributed by atoms with Crippen LogP contribution in [-0.2, 0) is 0 Å². The Bertz CT molecular complexity index is 129. The first-order valence-corrected chi connectivity index (χ1v) is 2.09. The minimum Gasteiger partial charge on any atom is -0.450 e. The third-order valence-corrected chi connectivity index (χ3v) is 0. The fraction of sp³-hybridized carbons (Fsp3) is 0.200. The number of hydrogen-bond acceptors (Lipinski definition) is 2. The summed E-state index contributed by atoms with van der Waals surface area (Å²) in [4.78, 5) is 17.1. The molecule has 7 heteroatoms. The van der Waals surface area contributed by atoms with Crippen molar-refractivity contribution in [1.82, 2.24) is 0 Å². The van der Waals surface area contributed by atoms with Crippen molar-refractivity contribution in [3.8, 4) is 12.3 Å². The van der Waals surface area contributed by atoms with Crippen LogP contribution in [0.3, 0.4) is 0 Å². The van der Waals surface area contributed by atoms with Gasteiger partial charge < -0.3 is 20.4 Å². The second kappa shape index (κ2) is 22.8. The van der Waals surface area contributed by atoms with Gasteiger partial charge in [-0.3, -0.25) is 0 Å². The van der Waals surface area contributed by atoms with Crippen LogP contribution in [0.4, 0.5) is 9.59 Å². The van der Waals surface area contributed by atoms with Crippen molar-refractivity contribution in [2.45, 2.75) is 6.92 Å². The smallest absolute Gasteiger partial charge is 0.450 e. The lowest BCUT2D eigenvalue weighted by atomic mass is 10.9. The first-order chi connectivity index (χ1) is 4.88. The number of terminal acetylenes is 1. The highest BCUT2D eigenvalue weighted by molar-refractivity contribution is 5.85.